The molecule has 2 rings (SSSR count). The molecule has 0 saturated carbocycles. The second-order valence-electron chi connectivity index (χ2n) is 6.00. The summed E-state index contributed by atoms with van der Waals surface area (Å²) >= 11 is 0. The largest absolute Gasteiger partial charge is 0.395 e. The van der Waals surface area contributed by atoms with Crippen LogP contribution in [0.2, 0.25) is 0 Å². The van der Waals surface area contributed by atoms with Gasteiger partial charge in [0.15, 0.2) is 0 Å². The van der Waals surface area contributed by atoms with Crippen molar-refractivity contribution in [3.05, 3.63) is 35.4 Å². The molecule has 1 atom stereocenters. The first-order chi connectivity index (χ1) is 10.2. The maximum absolute atomic E-state index is 8.78. The number of likely N-dealkylation sites (tertiary alicyclic amines) is 1. The second kappa shape index (κ2) is 8.19. The molecule has 1 heterocycles. The van der Waals surface area contributed by atoms with E-state index < -0.39 is 0 Å². The molecule has 1 aromatic rings. The summed E-state index contributed by atoms with van der Waals surface area (Å²) in [6.45, 7) is 3.47. The molecule has 0 aliphatic carbocycles. The number of benzene rings is 1. The van der Waals surface area contributed by atoms with Crippen molar-refractivity contribution in [1.29, 1.82) is 0 Å². The van der Waals surface area contributed by atoms with Gasteiger partial charge in [0, 0.05) is 31.1 Å². The topological polar surface area (TPSA) is 26.7 Å². The fourth-order valence-electron chi connectivity index (χ4n) is 2.93. The fraction of sp³-hybridized carbons (Fsp3) is 0.556. The Morgan fingerprint density at radius 1 is 1.38 bits per heavy atom. The molecule has 0 spiro atoms. The van der Waals surface area contributed by atoms with Crippen LogP contribution in [0.1, 0.15) is 30.4 Å². The monoisotopic (exact) mass is 286 g/mol. The number of likely N-dealkylation sites (N-methyl/N-ethyl adjacent to an activating group) is 1. The molecule has 3 heteroatoms. The molecule has 0 bridgehead atoms. The first-order valence-electron chi connectivity index (χ1n) is 7.76. The van der Waals surface area contributed by atoms with E-state index in [4.69, 9.17) is 5.11 Å². The van der Waals surface area contributed by atoms with Crippen molar-refractivity contribution in [3.63, 3.8) is 0 Å². The Kier molecular flexibility index (Phi) is 6.25. The SMILES string of the molecule is CN(C)CC1CCCN1Cc1cccc(C#CCCO)c1. The molecule has 3 nitrogen and oxygen atoms in total. The number of rotatable bonds is 5. The standard InChI is InChI=1S/C18H26N2O/c1-19(2)15-18-10-6-11-20(18)14-17-9-5-8-16(13-17)7-3-4-12-21/h5,8-9,13,18,21H,4,6,10-12,14-15H2,1-2H3. The van der Waals surface area contributed by atoms with Crippen LogP contribution < -0.4 is 0 Å². The van der Waals surface area contributed by atoms with Gasteiger partial charge in [-0.1, -0.05) is 24.0 Å². The van der Waals surface area contributed by atoms with E-state index in [0.29, 0.717) is 12.5 Å². The summed E-state index contributed by atoms with van der Waals surface area (Å²) in [5, 5.41) is 8.78. The summed E-state index contributed by atoms with van der Waals surface area (Å²) in [6.07, 6.45) is 3.14. The minimum Gasteiger partial charge on any atom is -0.395 e. The Morgan fingerprint density at radius 3 is 3.00 bits per heavy atom. The zero-order valence-electron chi connectivity index (χ0n) is 13.2. The van der Waals surface area contributed by atoms with Gasteiger partial charge in [-0.3, -0.25) is 4.90 Å². The second-order valence-corrected chi connectivity index (χ2v) is 6.00. The molecule has 1 aliphatic heterocycles. The van der Waals surface area contributed by atoms with Gasteiger partial charge in [0.05, 0.1) is 6.61 Å². The summed E-state index contributed by atoms with van der Waals surface area (Å²) in [5.41, 5.74) is 2.38. The lowest BCUT2D eigenvalue weighted by Gasteiger charge is -2.27. The van der Waals surface area contributed by atoms with Crippen LogP contribution in [0, 0.1) is 11.8 Å². The van der Waals surface area contributed by atoms with Gasteiger partial charge in [0.2, 0.25) is 0 Å². The normalized spacial score (nSPS) is 18.8. The molecule has 114 valence electrons. The van der Waals surface area contributed by atoms with Crippen LogP contribution in [0.3, 0.4) is 0 Å². The molecule has 1 fully saturated rings. The van der Waals surface area contributed by atoms with Gasteiger partial charge < -0.3 is 10.0 Å². The van der Waals surface area contributed by atoms with Crippen LogP contribution in [0.4, 0.5) is 0 Å². The van der Waals surface area contributed by atoms with Gasteiger partial charge in [-0.05, 0) is 51.2 Å². The minimum atomic E-state index is 0.132. The van der Waals surface area contributed by atoms with Crippen molar-refractivity contribution in [1.82, 2.24) is 9.80 Å². The predicted molar refractivity (Wildman–Crippen MR) is 87.0 cm³/mol. The molecular formula is C18H26N2O. The highest BCUT2D eigenvalue weighted by Gasteiger charge is 2.24. The lowest BCUT2D eigenvalue weighted by molar-refractivity contribution is 0.201. The maximum atomic E-state index is 8.78. The van der Waals surface area contributed by atoms with E-state index in [1.165, 1.54) is 24.9 Å². The van der Waals surface area contributed by atoms with Gasteiger partial charge in [-0.2, -0.15) is 0 Å². The number of hydrogen-bond donors (Lipinski definition) is 1. The van der Waals surface area contributed by atoms with Crippen molar-refractivity contribution >= 4 is 0 Å². The van der Waals surface area contributed by atoms with Gasteiger partial charge in [0.25, 0.3) is 0 Å². The number of hydrogen-bond acceptors (Lipinski definition) is 3. The molecule has 1 aromatic carbocycles. The van der Waals surface area contributed by atoms with Crippen LogP contribution in [-0.4, -0.2) is 54.7 Å². The summed E-state index contributed by atoms with van der Waals surface area (Å²) < 4.78 is 0. The summed E-state index contributed by atoms with van der Waals surface area (Å²) in [5.74, 6) is 6.10. The van der Waals surface area contributed by atoms with Crippen LogP contribution >= 0.6 is 0 Å². The molecule has 0 radical (unpaired) electrons. The van der Waals surface area contributed by atoms with Gasteiger partial charge >= 0.3 is 0 Å². The van der Waals surface area contributed by atoms with Gasteiger partial charge in [0.1, 0.15) is 0 Å². The fourth-order valence-corrected chi connectivity index (χ4v) is 2.93. The molecule has 1 aliphatic rings. The molecule has 21 heavy (non-hydrogen) atoms. The molecule has 1 N–H and O–H groups in total. The van der Waals surface area contributed by atoms with Gasteiger partial charge in [-0.15, -0.1) is 0 Å². The maximum Gasteiger partial charge on any atom is 0.0540 e. The lowest BCUT2D eigenvalue weighted by atomic mass is 10.1. The van der Waals surface area contributed by atoms with E-state index in [0.717, 1.165) is 18.7 Å². The van der Waals surface area contributed by atoms with E-state index in [2.05, 4.69) is 53.9 Å². The molecule has 1 unspecified atom stereocenters. The smallest absolute Gasteiger partial charge is 0.0540 e. The van der Waals surface area contributed by atoms with Crippen LogP contribution in [0.25, 0.3) is 0 Å². The average molecular weight is 286 g/mol. The molecule has 1 saturated heterocycles. The van der Waals surface area contributed by atoms with Crippen molar-refractivity contribution < 1.29 is 5.11 Å². The molecule has 0 amide bonds. The van der Waals surface area contributed by atoms with Crippen molar-refractivity contribution in [3.8, 4) is 11.8 Å². The lowest BCUT2D eigenvalue weighted by Crippen LogP contribution is -2.37. The highest BCUT2D eigenvalue weighted by molar-refractivity contribution is 5.37. The third-order valence-corrected chi connectivity index (χ3v) is 3.86. The molecular weight excluding hydrogens is 260 g/mol. The minimum absolute atomic E-state index is 0.132. The quantitative estimate of drug-likeness (QED) is 0.838. The Balaban J connectivity index is 1.99. The van der Waals surface area contributed by atoms with E-state index in [9.17, 15) is 0 Å². The van der Waals surface area contributed by atoms with Gasteiger partial charge in [-0.25, -0.2) is 0 Å². The van der Waals surface area contributed by atoms with Crippen molar-refractivity contribution in [2.24, 2.45) is 0 Å². The van der Waals surface area contributed by atoms with Crippen molar-refractivity contribution in [2.45, 2.75) is 31.8 Å². The Labute approximate surface area is 128 Å². The van der Waals surface area contributed by atoms with E-state index in [1.54, 1.807) is 0 Å². The van der Waals surface area contributed by atoms with Crippen LogP contribution in [0.15, 0.2) is 24.3 Å². The first kappa shape index (κ1) is 16.0. The zero-order chi connectivity index (χ0) is 15.1. The third kappa shape index (κ3) is 5.17. The summed E-state index contributed by atoms with van der Waals surface area (Å²) in [4.78, 5) is 4.86. The third-order valence-electron chi connectivity index (χ3n) is 3.86. The van der Waals surface area contributed by atoms with E-state index >= 15 is 0 Å². The zero-order valence-corrected chi connectivity index (χ0v) is 13.2. The highest BCUT2D eigenvalue weighted by Crippen LogP contribution is 2.20. The van der Waals surface area contributed by atoms with E-state index in [-0.39, 0.29) is 6.61 Å². The summed E-state index contributed by atoms with van der Waals surface area (Å²) in [6, 6.07) is 9.14. The average Bonchev–Trinajstić information content (AvgIpc) is 2.86. The Morgan fingerprint density at radius 2 is 2.24 bits per heavy atom. The number of nitrogens with zero attached hydrogens (tertiary/aromatic N) is 2. The van der Waals surface area contributed by atoms with Crippen LogP contribution in [0.5, 0.6) is 0 Å². The molecule has 0 aromatic heterocycles. The number of aliphatic hydroxyl groups excluding tert-OH is 1. The predicted octanol–water partition coefficient (Wildman–Crippen LogP) is 1.95. The first-order valence-corrected chi connectivity index (χ1v) is 7.76. The van der Waals surface area contributed by atoms with Crippen molar-refractivity contribution in [2.75, 3.05) is 33.8 Å². The Bertz CT molecular complexity index is 501. The van der Waals surface area contributed by atoms with Crippen LogP contribution in [-0.2, 0) is 6.54 Å². The Hall–Kier alpha value is -1.34. The number of aliphatic hydroxyl groups is 1. The highest BCUT2D eigenvalue weighted by atomic mass is 16.2. The summed E-state index contributed by atoms with van der Waals surface area (Å²) in [7, 11) is 4.29. The van der Waals surface area contributed by atoms with E-state index in [1.807, 2.05) is 6.07 Å².